The summed E-state index contributed by atoms with van der Waals surface area (Å²) in [5.41, 5.74) is 12.6. The van der Waals surface area contributed by atoms with Crippen LogP contribution >= 0.6 is 0 Å². The molecule has 13 rings (SSSR count). The predicted molar refractivity (Wildman–Crippen MR) is 222 cm³/mol. The van der Waals surface area contributed by atoms with Gasteiger partial charge in [0.15, 0.2) is 0 Å². The largest absolute Gasteiger partial charge is 0.309 e. The fourth-order valence-corrected chi connectivity index (χ4v) is 12.2. The highest BCUT2D eigenvalue weighted by atomic mass is 15.1. The molecule has 8 aromatic carbocycles. The first-order valence-electron chi connectivity index (χ1n) is 19.8. The zero-order valence-corrected chi connectivity index (χ0v) is 29.9. The zero-order valence-electron chi connectivity index (χ0n) is 29.9. The summed E-state index contributed by atoms with van der Waals surface area (Å²) in [4.78, 5) is 2.49. The summed E-state index contributed by atoms with van der Waals surface area (Å²) in [6.45, 7) is 0. The maximum Gasteiger partial charge on any atom is 0.0546 e. The molecule has 5 aliphatic carbocycles. The Morgan fingerprint density at radius 3 is 1.79 bits per heavy atom. The van der Waals surface area contributed by atoms with Crippen LogP contribution < -0.4 is 4.90 Å². The Balaban J connectivity index is 1.02. The molecular formula is C52H41N. The van der Waals surface area contributed by atoms with Crippen molar-refractivity contribution in [2.75, 3.05) is 4.90 Å². The van der Waals surface area contributed by atoms with E-state index in [4.69, 9.17) is 0 Å². The molecule has 4 saturated carbocycles. The summed E-state index contributed by atoms with van der Waals surface area (Å²) < 4.78 is 0. The Bertz CT molecular complexity index is 2720. The highest BCUT2D eigenvalue weighted by molar-refractivity contribution is 6.15. The van der Waals surface area contributed by atoms with Crippen molar-refractivity contribution in [2.24, 2.45) is 23.7 Å². The van der Waals surface area contributed by atoms with Crippen LogP contribution in [0, 0.1) is 23.7 Å². The van der Waals surface area contributed by atoms with Crippen molar-refractivity contribution < 1.29 is 0 Å². The molecule has 0 heterocycles. The van der Waals surface area contributed by atoms with Gasteiger partial charge in [-0.05, 0) is 141 Å². The number of hydrogen-bond acceptors (Lipinski definition) is 1. The quantitative estimate of drug-likeness (QED) is 0.167. The van der Waals surface area contributed by atoms with Crippen LogP contribution in [0.2, 0.25) is 0 Å². The summed E-state index contributed by atoms with van der Waals surface area (Å²) >= 11 is 0. The monoisotopic (exact) mass is 679 g/mol. The maximum absolute atomic E-state index is 2.62. The van der Waals surface area contributed by atoms with Gasteiger partial charge in [-0.15, -0.1) is 0 Å². The van der Waals surface area contributed by atoms with Gasteiger partial charge in [0, 0.05) is 21.9 Å². The lowest BCUT2D eigenvalue weighted by Gasteiger charge is -2.61. The summed E-state index contributed by atoms with van der Waals surface area (Å²) in [5.74, 6) is 3.42. The van der Waals surface area contributed by atoms with Crippen molar-refractivity contribution in [1.29, 1.82) is 0 Å². The van der Waals surface area contributed by atoms with E-state index in [1.807, 2.05) is 0 Å². The molecule has 0 N–H and O–H groups in total. The predicted octanol–water partition coefficient (Wildman–Crippen LogP) is 14.0. The highest BCUT2D eigenvalue weighted by Crippen LogP contribution is 2.69. The van der Waals surface area contributed by atoms with Crippen molar-refractivity contribution in [3.8, 4) is 22.3 Å². The molecule has 0 amide bonds. The van der Waals surface area contributed by atoms with Crippen molar-refractivity contribution in [2.45, 2.75) is 37.5 Å². The lowest BCUT2D eigenvalue weighted by molar-refractivity contribution is -0.0399. The van der Waals surface area contributed by atoms with Crippen LogP contribution in [0.15, 0.2) is 164 Å². The van der Waals surface area contributed by atoms with E-state index in [1.165, 1.54) is 98.1 Å². The number of nitrogens with zero attached hydrogens (tertiary/aromatic N) is 1. The summed E-state index contributed by atoms with van der Waals surface area (Å²) in [5, 5.41) is 7.56. The Hall–Kier alpha value is -5.66. The number of fused-ring (bicyclic) bond motifs is 7. The maximum atomic E-state index is 2.62. The van der Waals surface area contributed by atoms with Crippen LogP contribution in [0.25, 0.3) is 54.6 Å². The third-order valence-corrected chi connectivity index (χ3v) is 14.0. The molecule has 0 aromatic heterocycles. The van der Waals surface area contributed by atoms with Crippen LogP contribution in [0.4, 0.5) is 17.1 Å². The molecule has 4 fully saturated rings. The second kappa shape index (κ2) is 11.2. The van der Waals surface area contributed by atoms with Gasteiger partial charge in [0.1, 0.15) is 0 Å². The topological polar surface area (TPSA) is 3.24 Å². The molecule has 0 saturated heterocycles. The Morgan fingerprint density at radius 1 is 0.396 bits per heavy atom. The minimum Gasteiger partial charge on any atom is -0.309 e. The van der Waals surface area contributed by atoms with Crippen LogP contribution in [0.1, 0.15) is 43.2 Å². The van der Waals surface area contributed by atoms with Gasteiger partial charge in [0.05, 0.1) is 11.4 Å². The van der Waals surface area contributed by atoms with E-state index in [0.717, 1.165) is 29.4 Å². The molecule has 0 radical (unpaired) electrons. The van der Waals surface area contributed by atoms with E-state index in [1.54, 1.807) is 11.1 Å². The molecule has 4 bridgehead atoms. The lowest BCUT2D eigenvalue weighted by Crippen LogP contribution is -2.55. The Morgan fingerprint density at radius 2 is 1.00 bits per heavy atom. The standard InChI is InChI=1S/C52H41N/c1-4-14-43-36(10-1)12-9-19-50(43)53(51-32-38-11-2-3-13-42(38)44-15-5-6-17-47(44)51)41-23-20-35(21-24-41)37-22-25-46-45-16-7-8-18-48(45)52(49(46)31-37)39-27-33-26-34(29-39)30-40(52)28-33/h1-25,31-34,39-40H,26-30H2. The fraction of sp³-hybridized carbons (Fsp3) is 0.192. The molecule has 8 aromatic rings. The molecule has 0 unspecified atom stereocenters. The zero-order chi connectivity index (χ0) is 34.7. The fourth-order valence-electron chi connectivity index (χ4n) is 12.2. The van der Waals surface area contributed by atoms with Gasteiger partial charge in [0.2, 0.25) is 0 Å². The van der Waals surface area contributed by atoms with E-state index >= 15 is 0 Å². The minimum atomic E-state index is 0.178. The molecule has 5 aliphatic rings. The van der Waals surface area contributed by atoms with Crippen molar-refractivity contribution in [3.05, 3.63) is 175 Å². The van der Waals surface area contributed by atoms with Gasteiger partial charge < -0.3 is 4.90 Å². The number of benzene rings is 8. The van der Waals surface area contributed by atoms with E-state index in [0.29, 0.717) is 0 Å². The smallest absolute Gasteiger partial charge is 0.0546 e. The third kappa shape index (κ3) is 4.20. The van der Waals surface area contributed by atoms with Gasteiger partial charge >= 0.3 is 0 Å². The normalized spacial score (nSPS) is 23.5. The molecule has 1 nitrogen and oxygen atoms in total. The third-order valence-electron chi connectivity index (χ3n) is 14.0. The number of rotatable bonds is 4. The van der Waals surface area contributed by atoms with Crippen molar-refractivity contribution >= 4 is 49.4 Å². The van der Waals surface area contributed by atoms with Gasteiger partial charge in [0.25, 0.3) is 0 Å². The van der Waals surface area contributed by atoms with Gasteiger partial charge in [-0.25, -0.2) is 0 Å². The molecule has 254 valence electrons. The average Bonchev–Trinajstić information content (AvgIpc) is 3.50. The first-order chi connectivity index (χ1) is 26.2. The van der Waals surface area contributed by atoms with Crippen LogP contribution in [0.5, 0.6) is 0 Å². The summed E-state index contributed by atoms with van der Waals surface area (Å²) in [7, 11) is 0. The van der Waals surface area contributed by atoms with Gasteiger partial charge in [-0.3, -0.25) is 0 Å². The summed E-state index contributed by atoms with van der Waals surface area (Å²) in [6.07, 6.45) is 7.12. The second-order valence-electron chi connectivity index (χ2n) is 16.5. The van der Waals surface area contributed by atoms with Crippen molar-refractivity contribution in [3.63, 3.8) is 0 Å². The second-order valence-corrected chi connectivity index (χ2v) is 16.5. The van der Waals surface area contributed by atoms with E-state index in [2.05, 4.69) is 169 Å². The minimum absolute atomic E-state index is 0.178. The van der Waals surface area contributed by atoms with Gasteiger partial charge in [-0.2, -0.15) is 0 Å². The molecule has 1 heteroatoms. The van der Waals surface area contributed by atoms with Crippen LogP contribution in [-0.4, -0.2) is 0 Å². The van der Waals surface area contributed by atoms with Gasteiger partial charge in [-0.1, -0.05) is 133 Å². The molecule has 0 atom stereocenters. The van der Waals surface area contributed by atoms with Crippen LogP contribution in [-0.2, 0) is 5.41 Å². The Labute approximate surface area is 311 Å². The lowest BCUT2D eigenvalue weighted by atomic mass is 9.43. The SMILES string of the molecule is c1ccc2c(c1)-c1ccc(-c3ccc(N(c4cccc5ccccc45)c4cc5ccccc5c5ccccc45)cc3)cc1C21C2CC3CC(C2)CC1C3. The van der Waals surface area contributed by atoms with E-state index < -0.39 is 0 Å². The van der Waals surface area contributed by atoms with Crippen molar-refractivity contribution in [1.82, 2.24) is 0 Å². The van der Waals surface area contributed by atoms with E-state index in [-0.39, 0.29) is 5.41 Å². The first kappa shape index (κ1) is 29.9. The average molecular weight is 680 g/mol. The van der Waals surface area contributed by atoms with Crippen LogP contribution in [0.3, 0.4) is 0 Å². The first-order valence-corrected chi connectivity index (χ1v) is 19.8. The highest BCUT2D eigenvalue weighted by Gasteiger charge is 2.61. The molecule has 0 aliphatic heterocycles. The Kier molecular flexibility index (Phi) is 6.30. The number of hydrogen-bond donors (Lipinski definition) is 0. The molecular weight excluding hydrogens is 639 g/mol. The summed E-state index contributed by atoms with van der Waals surface area (Å²) in [6, 6.07) is 61.9. The molecule has 53 heavy (non-hydrogen) atoms. The van der Waals surface area contributed by atoms with E-state index in [9.17, 15) is 0 Å². The molecule has 1 spiro atoms. The number of anilines is 3.